The number of nitrogens with zero attached hydrogens (tertiary/aromatic N) is 1. The summed E-state index contributed by atoms with van der Waals surface area (Å²) in [5.74, 6) is -1.99. The van der Waals surface area contributed by atoms with Crippen LogP contribution >= 0.6 is 7.60 Å². The Morgan fingerprint density at radius 1 is 0.968 bits per heavy atom. The molecule has 2 rings (SSSR count). The van der Waals surface area contributed by atoms with Crippen LogP contribution in [0.25, 0.3) is 5.57 Å². The Hall–Kier alpha value is -2.41. The minimum Gasteiger partial charge on any atom is -0.361 e. The SMILES string of the molecule is CCOP(=O)(CN(/C=C(/C(=O)C(F)(F)F)c1ccccc1)Cc1ccccc1)OCC. The molecule has 0 radical (unpaired) electrons. The van der Waals surface area contributed by atoms with Crippen molar-refractivity contribution < 1.29 is 31.6 Å². The van der Waals surface area contributed by atoms with E-state index in [0.29, 0.717) is 0 Å². The van der Waals surface area contributed by atoms with Gasteiger partial charge in [0.15, 0.2) is 0 Å². The second-order valence-corrected chi connectivity index (χ2v) is 8.58. The van der Waals surface area contributed by atoms with Crippen LogP contribution in [0, 0.1) is 0 Å². The number of alkyl halides is 3. The Bertz CT molecular complexity index is 907. The Morgan fingerprint density at radius 3 is 1.97 bits per heavy atom. The molecule has 0 N–H and O–H groups in total. The third-order valence-corrected chi connectivity index (χ3v) is 6.15. The van der Waals surface area contributed by atoms with Crippen molar-refractivity contribution in [2.75, 3.05) is 19.5 Å². The molecule has 2 aromatic rings. The van der Waals surface area contributed by atoms with E-state index in [1.54, 1.807) is 62.4 Å². The van der Waals surface area contributed by atoms with E-state index in [0.717, 1.165) is 11.8 Å². The summed E-state index contributed by atoms with van der Waals surface area (Å²) in [5, 5.41) is 0. The quantitative estimate of drug-likeness (QED) is 0.313. The topological polar surface area (TPSA) is 55.8 Å². The molecule has 9 heteroatoms. The van der Waals surface area contributed by atoms with E-state index in [2.05, 4.69) is 0 Å². The van der Waals surface area contributed by atoms with Crippen LogP contribution in [-0.2, 0) is 25.0 Å². The summed E-state index contributed by atoms with van der Waals surface area (Å²) in [6.07, 6.45) is -4.29. The first-order chi connectivity index (χ1) is 14.7. The minimum atomic E-state index is -5.07. The van der Waals surface area contributed by atoms with E-state index in [1.165, 1.54) is 17.0 Å². The summed E-state index contributed by atoms with van der Waals surface area (Å²) in [7, 11) is -3.64. The van der Waals surface area contributed by atoms with E-state index in [4.69, 9.17) is 9.05 Å². The van der Waals surface area contributed by atoms with Gasteiger partial charge in [-0.1, -0.05) is 60.7 Å². The van der Waals surface area contributed by atoms with E-state index in [1.807, 2.05) is 0 Å². The van der Waals surface area contributed by atoms with E-state index >= 15 is 0 Å². The Balaban J connectivity index is 2.53. The van der Waals surface area contributed by atoms with Gasteiger partial charge in [-0.05, 0) is 25.0 Å². The number of carbonyl (C=O) groups is 1. The maximum absolute atomic E-state index is 13.3. The van der Waals surface area contributed by atoms with Crippen LogP contribution in [-0.4, -0.2) is 36.4 Å². The number of halogens is 3. The number of hydrogen-bond acceptors (Lipinski definition) is 5. The van der Waals surface area contributed by atoms with Crippen molar-refractivity contribution >= 4 is 19.0 Å². The van der Waals surface area contributed by atoms with Crippen molar-refractivity contribution in [3.8, 4) is 0 Å². The molecular formula is C22H25F3NO4P. The normalized spacial score (nSPS) is 12.6. The molecule has 0 amide bonds. The number of carbonyl (C=O) groups excluding carboxylic acids is 1. The van der Waals surface area contributed by atoms with Gasteiger partial charge in [-0.25, -0.2) is 0 Å². The van der Waals surface area contributed by atoms with Gasteiger partial charge < -0.3 is 13.9 Å². The molecule has 0 saturated carbocycles. The first-order valence-electron chi connectivity index (χ1n) is 9.73. The zero-order valence-corrected chi connectivity index (χ0v) is 18.2. The van der Waals surface area contributed by atoms with E-state index in [9.17, 15) is 22.5 Å². The Labute approximate surface area is 180 Å². The van der Waals surface area contributed by atoms with Crippen molar-refractivity contribution in [2.24, 2.45) is 0 Å². The molecule has 31 heavy (non-hydrogen) atoms. The van der Waals surface area contributed by atoms with E-state index < -0.39 is 25.1 Å². The van der Waals surface area contributed by atoms with Crippen molar-refractivity contribution in [3.05, 3.63) is 78.0 Å². The fourth-order valence-corrected chi connectivity index (χ4v) is 4.56. The zero-order valence-electron chi connectivity index (χ0n) is 17.3. The van der Waals surface area contributed by atoms with Crippen LogP contribution in [0.4, 0.5) is 13.2 Å². The molecular weight excluding hydrogens is 430 g/mol. The summed E-state index contributed by atoms with van der Waals surface area (Å²) in [5.41, 5.74) is 0.305. The van der Waals surface area contributed by atoms with Crippen LogP contribution < -0.4 is 0 Å². The molecule has 0 saturated heterocycles. The lowest BCUT2D eigenvalue weighted by atomic mass is 10.0. The first kappa shape index (κ1) is 24.9. The summed E-state index contributed by atoms with van der Waals surface area (Å²) >= 11 is 0. The predicted octanol–water partition coefficient (Wildman–Crippen LogP) is 5.88. The molecule has 0 unspecified atom stereocenters. The molecule has 0 heterocycles. The molecule has 0 aliphatic carbocycles. The number of allylic oxidation sites excluding steroid dienone is 1. The molecule has 0 aliphatic rings. The number of rotatable bonds is 11. The maximum atomic E-state index is 13.3. The largest absolute Gasteiger partial charge is 0.454 e. The van der Waals surface area contributed by atoms with Crippen molar-refractivity contribution in [1.82, 2.24) is 4.90 Å². The molecule has 5 nitrogen and oxygen atoms in total. The average molecular weight is 455 g/mol. The smallest absolute Gasteiger partial charge is 0.361 e. The second kappa shape index (κ2) is 11.3. The number of Topliss-reactive ketones (excluding diaryl/α,β-unsaturated/α-hetero) is 1. The lowest BCUT2D eigenvalue weighted by Crippen LogP contribution is -2.27. The number of hydrogen-bond donors (Lipinski definition) is 0. The van der Waals surface area contributed by atoms with Gasteiger partial charge >= 0.3 is 13.8 Å². The highest BCUT2D eigenvalue weighted by Gasteiger charge is 2.41. The minimum absolute atomic E-state index is 0.102. The Kier molecular flexibility index (Phi) is 9.04. The van der Waals surface area contributed by atoms with Crippen molar-refractivity contribution in [3.63, 3.8) is 0 Å². The molecule has 0 aromatic heterocycles. The van der Waals surface area contributed by atoms with Crippen LogP contribution in [0.1, 0.15) is 25.0 Å². The van der Waals surface area contributed by atoms with Crippen LogP contribution in [0.2, 0.25) is 0 Å². The maximum Gasteiger partial charge on any atom is 0.454 e. The fraction of sp³-hybridized carbons (Fsp3) is 0.318. The highest BCUT2D eigenvalue weighted by atomic mass is 31.2. The van der Waals surface area contributed by atoms with E-state index in [-0.39, 0.29) is 31.6 Å². The van der Waals surface area contributed by atoms with Gasteiger partial charge in [0.25, 0.3) is 5.78 Å². The molecule has 168 valence electrons. The van der Waals surface area contributed by atoms with Gasteiger partial charge in [-0.3, -0.25) is 9.36 Å². The van der Waals surface area contributed by atoms with Crippen LogP contribution in [0.3, 0.4) is 0 Å². The van der Waals surface area contributed by atoms with Gasteiger partial charge in [-0.15, -0.1) is 0 Å². The summed E-state index contributed by atoms with van der Waals surface area (Å²) in [6.45, 7) is 3.60. The molecule has 2 aromatic carbocycles. The standard InChI is InChI=1S/C22H25F3NO4P/c1-3-29-31(28,30-4-2)17-26(15-18-11-7-5-8-12-18)16-20(21(27)22(23,24)25)19-13-9-6-10-14-19/h5-14,16H,3-4,15,17H2,1-2H3/b20-16+. The third-order valence-electron chi connectivity index (χ3n) is 4.13. The van der Waals surface area contributed by atoms with Crippen molar-refractivity contribution in [1.29, 1.82) is 0 Å². The van der Waals surface area contributed by atoms with Gasteiger partial charge in [-0.2, -0.15) is 13.2 Å². The van der Waals surface area contributed by atoms with Crippen molar-refractivity contribution in [2.45, 2.75) is 26.6 Å². The first-order valence-corrected chi connectivity index (χ1v) is 11.5. The second-order valence-electron chi connectivity index (χ2n) is 6.56. The Morgan fingerprint density at radius 2 is 1.48 bits per heavy atom. The molecule has 0 spiro atoms. The summed E-state index contributed by atoms with van der Waals surface area (Å²) in [4.78, 5) is 13.6. The third kappa shape index (κ3) is 7.65. The predicted molar refractivity (Wildman–Crippen MR) is 113 cm³/mol. The lowest BCUT2D eigenvalue weighted by Gasteiger charge is -2.27. The highest BCUT2D eigenvalue weighted by Crippen LogP contribution is 2.49. The lowest BCUT2D eigenvalue weighted by molar-refractivity contribution is -0.164. The molecule has 0 aliphatic heterocycles. The van der Waals surface area contributed by atoms with Crippen LogP contribution in [0.15, 0.2) is 66.9 Å². The van der Waals surface area contributed by atoms with Gasteiger partial charge in [0, 0.05) is 12.7 Å². The molecule has 0 atom stereocenters. The number of ketones is 1. The van der Waals surface area contributed by atoms with Crippen LogP contribution in [0.5, 0.6) is 0 Å². The molecule has 0 bridgehead atoms. The highest BCUT2D eigenvalue weighted by molar-refractivity contribution is 7.53. The fourth-order valence-electron chi connectivity index (χ4n) is 2.91. The van der Waals surface area contributed by atoms with Gasteiger partial charge in [0.1, 0.15) is 6.29 Å². The summed E-state index contributed by atoms with van der Waals surface area (Å²) < 4.78 is 63.7. The summed E-state index contributed by atoms with van der Waals surface area (Å²) in [6, 6.07) is 16.5. The average Bonchev–Trinajstić information content (AvgIpc) is 2.72. The van der Waals surface area contributed by atoms with Gasteiger partial charge in [0.05, 0.1) is 18.8 Å². The van der Waals surface area contributed by atoms with Gasteiger partial charge in [0.2, 0.25) is 0 Å². The monoisotopic (exact) mass is 455 g/mol. The molecule has 0 fully saturated rings. The number of benzene rings is 2. The zero-order chi connectivity index (χ0) is 22.9.